The Morgan fingerprint density at radius 2 is 1.79 bits per heavy atom. The number of methoxy groups -OCH3 is 2. The average Bonchev–Trinajstić information content (AvgIpc) is 2.86. The van der Waals surface area contributed by atoms with E-state index in [4.69, 9.17) is 18.9 Å². The van der Waals surface area contributed by atoms with E-state index in [1.165, 1.54) is 18.1 Å². The van der Waals surface area contributed by atoms with Gasteiger partial charge in [0.2, 0.25) is 5.91 Å². The van der Waals surface area contributed by atoms with E-state index in [9.17, 15) is 14.9 Å². The predicted molar refractivity (Wildman–Crippen MR) is 125 cm³/mol. The lowest BCUT2D eigenvalue weighted by molar-refractivity contribution is -0.147. The van der Waals surface area contributed by atoms with Crippen LogP contribution < -0.4 is 4.74 Å². The molecule has 186 valence electrons. The summed E-state index contributed by atoms with van der Waals surface area (Å²) in [6.45, 7) is 2.80. The highest BCUT2D eigenvalue weighted by atomic mass is 16.6. The first-order chi connectivity index (χ1) is 16.3. The van der Waals surface area contributed by atoms with E-state index < -0.39 is 12.0 Å². The zero-order valence-corrected chi connectivity index (χ0v) is 20.7. The molecule has 2 bridgehead atoms. The van der Waals surface area contributed by atoms with Gasteiger partial charge in [-0.15, -0.1) is 0 Å². The molecule has 0 saturated carbocycles. The molecule has 2 heterocycles. The summed E-state index contributed by atoms with van der Waals surface area (Å²) in [7, 11) is 6.62. The zero-order chi connectivity index (χ0) is 24.8. The number of likely N-dealkylation sites (N-methyl/N-ethyl adjacent to an activating group) is 1. The van der Waals surface area contributed by atoms with E-state index in [0.717, 1.165) is 12.8 Å². The van der Waals surface area contributed by atoms with Crippen LogP contribution in [0.1, 0.15) is 42.1 Å². The van der Waals surface area contributed by atoms with Crippen molar-refractivity contribution in [1.29, 1.82) is 5.26 Å². The normalized spacial score (nSPS) is 29.2. The van der Waals surface area contributed by atoms with Crippen LogP contribution in [0.5, 0.6) is 5.75 Å². The molecule has 0 unspecified atom stereocenters. The van der Waals surface area contributed by atoms with E-state index in [0.29, 0.717) is 24.3 Å². The summed E-state index contributed by atoms with van der Waals surface area (Å²) in [6.07, 6.45) is 1.40. The molecule has 9 heteroatoms. The molecule has 34 heavy (non-hydrogen) atoms. The Bertz CT molecular complexity index is 916. The van der Waals surface area contributed by atoms with Crippen molar-refractivity contribution in [2.45, 2.75) is 50.6 Å². The van der Waals surface area contributed by atoms with Crippen molar-refractivity contribution in [3.05, 3.63) is 29.3 Å². The largest absolute Gasteiger partial charge is 0.490 e. The number of benzene rings is 1. The van der Waals surface area contributed by atoms with Gasteiger partial charge in [0.25, 0.3) is 5.91 Å². The second-order valence-electron chi connectivity index (χ2n) is 9.08. The molecular weight excluding hydrogens is 438 g/mol. The molecule has 1 aromatic rings. The number of rotatable bonds is 2. The van der Waals surface area contributed by atoms with Gasteiger partial charge in [0.05, 0.1) is 41.4 Å². The van der Waals surface area contributed by atoms with Crippen LogP contribution in [0, 0.1) is 17.2 Å². The summed E-state index contributed by atoms with van der Waals surface area (Å²) in [6, 6.07) is 6.86. The molecule has 2 aliphatic rings. The number of hydrogen-bond acceptors (Lipinski definition) is 7. The summed E-state index contributed by atoms with van der Waals surface area (Å²) in [5.74, 6) is -0.434. The van der Waals surface area contributed by atoms with Gasteiger partial charge >= 0.3 is 0 Å². The van der Waals surface area contributed by atoms with Crippen LogP contribution in [0.3, 0.4) is 0 Å². The fourth-order valence-corrected chi connectivity index (χ4v) is 4.58. The molecule has 0 spiro atoms. The Hall–Kier alpha value is -2.67. The minimum atomic E-state index is -0.488. The minimum absolute atomic E-state index is 0.0233. The Kier molecular flexibility index (Phi) is 8.89. The van der Waals surface area contributed by atoms with Gasteiger partial charge in [-0.25, -0.2) is 0 Å². The molecule has 0 aliphatic carbocycles. The minimum Gasteiger partial charge on any atom is -0.490 e. The summed E-state index contributed by atoms with van der Waals surface area (Å²) < 4.78 is 23.6. The zero-order valence-electron chi connectivity index (χ0n) is 20.7. The third-order valence-corrected chi connectivity index (χ3v) is 6.81. The van der Waals surface area contributed by atoms with Gasteiger partial charge in [-0.05, 0) is 37.5 Å². The predicted octanol–water partition coefficient (Wildman–Crippen LogP) is 2.08. The van der Waals surface area contributed by atoms with Gasteiger partial charge in [-0.3, -0.25) is 9.59 Å². The summed E-state index contributed by atoms with van der Waals surface area (Å²) in [5, 5.41) is 9.36. The summed E-state index contributed by atoms with van der Waals surface area (Å²) >= 11 is 0. The maximum absolute atomic E-state index is 13.4. The number of ether oxygens (including phenoxy) is 4. The van der Waals surface area contributed by atoms with Gasteiger partial charge in [-0.2, -0.15) is 5.26 Å². The molecule has 0 aromatic heterocycles. The number of carbonyl (C=O) groups is 2. The Morgan fingerprint density at radius 1 is 1.06 bits per heavy atom. The first-order valence-corrected chi connectivity index (χ1v) is 11.7. The van der Waals surface area contributed by atoms with Crippen LogP contribution in [0.25, 0.3) is 0 Å². The van der Waals surface area contributed by atoms with Gasteiger partial charge in [-0.1, -0.05) is 6.92 Å². The monoisotopic (exact) mass is 473 g/mol. The molecule has 1 aromatic carbocycles. The maximum atomic E-state index is 13.4. The third-order valence-electron chi connectivity index (χ3n) is 6.81. The topological polar surface area (TPSA) is 101 Å². The van der Waals surface area contributed by atoms with Crippen molar-refractivity contribution in [3.63, 3.8) is 0 Å². The molecule has 1 fully saturated rings. The molecule has 2 aliphatic heterocycles. The van der Waals surface area contributed by atoms with Crippen molar-refractivity contribution in [2.24, 2.45) is 5.92 Å². The average molecular weight is 474 g/mol. The Labute approximate surface area is 201 Å². The maximum Gasteiger partial charge on any atom is 0.257 e. The standard InChI is InChI=1S/C25H35N3O6/c1-16-22(32-5)14-28(3)25(30)19-12-17(13-26)6-8-20(19)33-15-23-21(31-4)9-7-18(34-23)10-11-27(2)24(16)29/h6,8,12,16,18,21-23H,7,9-11,14-15H2,1-5H3/t16-,18-,21+,22-,23+/m0/s1. The third kappa shape index (κ3) is 5.87. The molecule has 0 N–H and O–H groups in total. The fraction of sp³-hybridized carbons (Fsp3) is 0.640. The Morgan fingerprint density at radius 3 is 2.47 bits per heavy atom. The molecule has 1 saturated heterocycles. The second-order valence-corrected chi connectivity index (χ2v) is 9.08. The van der Waals surface area contributed by atoms with E-state index >= 15 is 0 Å². The number of carbonyl (C=O) groups excluding carboxylic acids is 2. The number of hydrogen-bond donors (Lipinski definition) is 0. The van der Waals surface area contributed by atoms with E-state index in [1.807, 2.05) is 6.92 Å². The van der Waals surface area contributed by atoms with Gasteiger partial charge in [0, 0.05) is 41.4 Å². The van der Waals surface area contributed by atoms with E-state index in [1.54, 1.807) is 38.2 Å². The lowest BCUT2D eigenvalue weighted by Gasteiger charge is -2.37. The van der Waals surface area contributed by atoms with E-state index in [2.05, 4.69) is 6.07 Å². The fourth-order valence-electron chi connectivity index (χ4n) is 4.58. The van der Waals surface area contributed by atoms with Crippen LogP contribution in [0.4, 0.5) is 0 Å². The van der Waals surface area contributed by atoms with Gasteiger partial charge in [0.1, 0.15) is 18.5 Å². The SMILES string of the molecule is CO[C@H]1CN(C)C(=O)c2cc(C#N)ccc2OC[C@H]2O[C@@H](CC[C@H]2OC)CCN(C)C(=O)[C@H]1C. The highest BCUT2D eigenvalue weighted by Gasteiger charge is 2.34. The number of amides is 2. The van der Waals surface area contributed by atoms with Crippen molar-refractivity contribution in [1.82, 2.24) is 9.80 Å². The first-order valence-electron chi connectivity index (χ1n) is 11.7. The number of nitriles is 1. The van der Waals surface area contributed by atoms with Crippen molar-refractivity contribution in [3.8, 4) is 11.8 Å². The lowest BCUT2D eigenvalue weighted by Crippen LogP contribution is -2.47. The highest BCUT2D eigenvalue weighted by molar-refractivity contribution is 5.97. The quantitative estimate of drug-likeness (QED) is 0.648. The van der Waals surface area contributed by atoms with Crippen LogP contribution in [0.2, 0.25) is 0 Å². The van der Waals surface area contributed by atoms with Crippen LogP contribution in [0.15, 0.2) is 18.2 Å². The van der Waals surface area contributed by atoms with E-state index in [-0.39, 0.29) is 48.8 Å². The summed E-state index contributed by atoms with van der Waals surface area (Å²) in [4.78, 5) is 29.7. The smallest absolute Gasteiger partial charge is 0.257 e. The molecular formula is C25H35N3O6. The lowest BCUT2D eigenvalue weighted by atomic mass is 9.98. The molecule has 3 rings (SSSR count). The van der Waals surface area contributed by atoms with Gasteiger partial charge < -0.3 is 28.7 Å². The van der Waals surface area contributed by atoms with Gasteiger partial charge in [0.15, 0.2) is 0 Å². The van der Waals surface area contributed by atoms with Crippen LogP contribution in [-0.4, -0.2) is 94.0 Å². The molecule has 0 radical (unpaired) electrons. The van der Waals surface area contributed by atoms with Crippen LogP contribution in [-0.2, 0) is 19.0 Å². The highest BCUT2D eigenvalue weighted by Crippen LogP contribution is 2.28. The van der Waals surface area contributed by atoms with Crippen molar-refractivity contribution >= 4 is 11.8 Å². The number of fused-ring (bicyclic) bond motifs is 3. The first kappa shape index (κ1) is 25.9. The summed E-state index contributed by atoms with van der Waals surface area (Å²) in [5.41, 5.74) is 0.636. The second kappa shape index (κ2) is 11.6. The van der Waals surface area contributed by atoms with Crippen molar-refractivity contribution < 1.29 is 28.5 Å². The molecule has 2 amide bonds. The van der Waals surface area contributed by atoms with Crippen LogP contribution >= 0.6 is 0 Å². The number of nitrogens with zero attached hydrogens (tertiary/aromatic N) is 3. The molecule has 9 nitrogen and oxygen atoms in total. The van der Waals surface area contributed by atoms with Crippen molar-refractivity contribution in [2.75, 3.05) is 48.0 Å². The molecule has 5 atom stereocenters. The Balaban J connectivity index is 1.96.